The molecule has 0 spiro atoms. The molecule has 1 aliphatic carbocycles. The van der Waals surface area contributed by atoms with Gasteiger partial charge in [-0.15, -0.1) is 0 Å². The maximum Gasteiger partial charge on any atom is 0.123 e. The highest BCUT2D eigenvalue weighted by Gasteiger charge is 2.41. The Morgan fingerprint density at radius 2 is 1.75 bits per heavy atom. The molecule has 0 saturated carbocycles. The van der Waals surface area contributed by atoms with Gasteiger partial charge >= 0.3 is 0 Å². The summed E-state index contributed by atoms with van der Waals surface area (Å²) in [6, 6.07) is 9.91. The number of rotatable bonds is 1. The summed E-state index contributed by atoms with van der Waals surface area (Å²) in [7, 11) is 0.606. The molecule has 24 heavy (non-hydrogen) atoms. The second-order valence-corrected chi connectivity index (χ2v) is 13.6. The molecule has 124 valence electrons. The van der Waals surface area contributed by atoms with Crippen molar-refractivity contribution in [2.45, 2.75) is 39.0 Å². The predicted octanol–water partition coefficient (Wildman–Crippen LogP) is 5.92. The first-order chi connectivity index (χ1) is 11.2. The Balaban J connectivity index is 2.21. The van der Waals surface area contributed by atoms with Gasteiger partial charge in [0.05, 0.1) is 13.8 Å². The third-order valence-electron chi connectivity index (χ3n) is 5.42. The number of fused-ring (bicyclic) bond motifs is 5. The molecule has 0 N–H and O–H groups in total. The molecule has 1 atom stereocenters. The van der Waals surface area contributed by atoms with Gasteiger partial charge in [0.25, 0.3) is 0 Å². The summed E-state index contributed by atoms with van der Waals surface area (Å²) in [5.41, 5.74) is 9.38. The smallest absolute Gasteiger partial charge is 0.123 e. The van der Waals surface area contributed by atoms with Crippen LogP contribution >= 0.6 is 0 Å². The monoisotopic (exact) mass is 337 g/mol. The fourth-order valence-corrected chi connectivity index (χ4v) is 6.96. The van der Waals surface area contributed by atoms with Crippen molar-refractivity contribution in [2.24, 2.45) is 7.05 Å². The van der Waals surface area contributed by atoms with Gasteiger partial charge in [0.1, 0.15) is 5.82 Å². The van der Waals surface area contributed by atoms with Crippen LogP contribution in [0.1, 0.15) is 27.8 Å². The summed E-state index contributed by atoms with van der Waals surface area (Å²) in [4.78, 5) is 0. The SMILES string of the molecule is Cc1cc(C)c2c3c(n(C)c2c1)-c1cc(F)ccc1C3[Si](C)(C)C. The third kappa shape index (κ3) is 1.97. The van der Waals surface area contributed by atoms with Crippen molar-refractivity contribution in [3.63, 3.8) is 0 Å². The van der Waals surface area contributed by atoms with Crippen LogP contribution in [0.25, 0.3) is 22.2 Å². The van der Waals surface area contributed by atoms with E-state index >= 15 is 0 Å². The van der Waals surface area contributed by atoms with Gasteiger partial charge < -0.3 is 4.57 Å². The van der Waals surface area contributed by atoms with E-state index < -0.39 is 8.07 Å². The maximum atomic E-state index is 14.0. The van der Waals surface area contributed by atoms with E-state index in [0.717, 1.165) is 5.56 Å². The van der Waals surface area contributed by atoms with Crippen LogP contribution < -0.4 is 0 Å². The first-order valence-electron chi connectivity index (χ1n) is 8.59. The van der Waals surface area contributed by atoms with Crippen LogP contribution in [-0.4, -0.2) is 12.6 Å². The molecule has 4 rings (SSSR count). The largest absolute Gasteiger partial charge is 0.343 e. The molecule has 0 bridgehead atoms. The summed E-state index contributed by atoms with van der Waals surface area (Å²) in [5, 5.41) is 1.38. The van der Waals surface area contributed by atoms with Gasteiger partial charge in [0.2, 0.25) is 0 Å². The van der Waals surface area contributed by atoms with Gasteiger partial charge in [0.15, 0.2) is 0 Å². The predicted molar refractivity (Wildman–Crippen MR) is 103 cm³/mol. The van der Waals surface area contributed by atoms with Gasteiger partial charge in [-0.1, -0.05) is 31.8 Å². The molecule has 0 saturated heterocycles. The van der Waals surface area contributed by atoms with Crippen LogP contribution in [0.4, 0.5) is 4.39 Å². The molecule has 1 aromatic heterocycles. The third-order valence-corrected chi connectivity index (χ3v) is 7.75. The van der Waals surface area contributed by atoms with Gasteiger partial charge in [0, 0.05) is 29.1 Å². The zero-order valence-corrected chi connectivity index (χ0v) is 16.3. The number of benzene rings is 2. The van der Waals surface area contributed by atoms with Crippen molar-refractivity contribution >= 4 is 19.0 Å². The number of nitrogens with zero attached hydrogens (tertiary/aromatic N) is 1. The number of aromatic nitrogens is 1. The van der Waals surface area contributed by atoms with Gasteiger partial charge in [-0.05, 0) is 54.3 Å². The first kappa shape index (κ1) is 15.6. The summed E-state index contributed by atoms with van der Waals surface area (Å²) in [6.45, 7) is 11.6. The highest BCUT2D eigenvalue weighted by molar-refractivity contribution is 6.78. The fraction of sp³-hybridized carbons (Fsp3) is 0.333. The fourth-order valence-electron chi connectivity index (χ4n) is 4.63. The minimum atomic E-state index is -1.52. The van der Waals surface area contributed by atoms with E-state index in [2.05, 4.69) is 57.2 Å². The lowest BCUT2D eigenvalue weighted by atomic mass is 10.0. The van der Waals surface area contributed by atoms with Crippen molar-refractivity contribution in [3.05, 3.63) is 58.4 Å². The molecule has 3 aromatic rings. The molecule has 0 radical (unpaired) electrons. The molecule has 1 unspecified atom stereocenters. The van der Waals surface area contributed by atoms with Crippen molar-refractivity contribution in [1.29, 1.82) is 0 Å². The molecular formula is C21H24FNSi. The van der Waals surface area contributed by atoms with Gasteiger partial charge in [-0.2, -0.15) is 0 Å². The zero-order valence-electron chi connectivity index (χ0n) is 15.3. The Morgan fingerprint density at radius 1 is 1.04 bits per heavy atom. The van der Waals surface area contributed by atoms with Crippen LogP contribution in [0, 0.1) is 19.7 Å². The average Bonchev–Trinajstić information content (AvgIpc) is 2.92. The summed E-state index contributed by atoms with van der Waals surface area (Å²) >= 11 is 0. The Kier molecular flexibility index (Phi) is 3.14. The van der Waals surface area contributed by atoms with Crippen LogP contribution in [-0.2, 0) is 7.05 Å². The quantitative estimate of drug-likeness (QED) is 0.485. The Bertz CT molecular complexity index is 991. The summed E-state index contributed by atoms with van der Waals surface area (Å²) in [5.74, 6) is -0.144. The second-order valence-electron chi connectivity index (χ2n) is 8.33. The van der Waals surface area contributed by atoms with E-state index in [4.69, 9.17) is 0 Å². The Labute approximate surface area is 144 Å². The highest BCUT2D eigenvalue weighted by atomic mass is 28.3. The molecule has 1 heterocycles. The van der Waals surface area contributed by atoms with Gasteiger partial charge in [-0.3, -0.25) is 0 Å². The first-order valence-corrected chi connectivity index (χ1v) is 12.2. The van der Waals surface area contributed by atoms with E-state index in [1.54, 1.807) is 12.1 Å². The number of aryl methyl sites for hydroxylation is 3. The molecule has 1 nitrogen and oxygen atoms in total. The van der Waals surface area contributed by atoms with E-state index in [1.165, 1.54) is 38.9 Å². The Morgan fingerprint density at radius 3 is 2.42 bits per heavy atom. The maximum absolute atomic E-state index is 14.0. The van der Waals surface area contributed by atoms with Crippen molar-refractivity contribution in [2.75, 3.05) is 0 Å². The normalized spacial score (nSPS) is 16.5. The van der Waals surface area contributed by atoms with E-state index in [1.807, 2.05) is 6.07 Å². The minimum Gasteiger partial charge on any atom is -0.343 e. The van der Waals surface area contributed by atoms with Crippen LogP contribution in [0.2, 0.25) is 19.6 Å². The number of hydrogen-bond acceptors (Lipinski definition) is 0. The van der Waals surface area contributed by atoms with Crippen LogP contribution in [0.15, 0.2) is 30.3 Å². The molecule has 0 amide bonds. The minimum absolute atomic E-state index is 0.144. The zero-order chi connectivity index (χ0) is 17.4. The van der Waals surface area contributed by atoms with E-state index in [0.29, 0.717) is 5.54 Å². The van der Waals surface area contributed by atoms with Crippen molar-refractivity contribution in [1.82, 2.24) is 4.57 Å². The summed E-state index contributed by atoms with van der Waals surface area (Å²) in [6.07, 6.45) is 0. The van der Waals surface area contributed by atoms with Crippen molar-refractivity contribution in [3.8, 4) is 11.3 Å². The molecule has 0 fully saturated rings. The van der Waals surface area contributed by atoms with Crippen LogP contribution in [0.5, 0.6) is 0 Å². The lowest BCUT2D eigenvalue weighted by Crippen LogP contribution is -2.30. The van der Waals surface area contributed by atoms with Gasteiger partial charge in [-0.25, -0.2) is 4.39 Å². The topological polar surface area (TPSA) is 4.93 Å². The van der Waals surface area contributed by atoms with Crippen LogP contribution in [0.3, 0.4) is 0 Å². The molecule has 0 aliphatic heterocycles. The number of halogens is 1. The number of hydrogen-bond donors (Lipinski definition) is 0. The Hall–Kier alpha value is -1.87. The lowest BCUT2D eigenvalue weighted by Gasteiger charge is -2.27. The van der Waals surface area contributed by atoms with E-state index in [9.17, 15) is 4.39 Å². The second kappa shape index (κ2) is 4.82. The molecular weight excluding hydrogens is 313 g/mol. The molecule has 3 heteroatoms. The van der Waals surface area contributed by atoms with Crippen molar-refractivity contribution < 1.29 is 4.39 Å². The standard InChI is InChI=1S/C21H24FNSi/c1-12-9-13(2)18-17(10-12)23(3)20-16-11-14(22)7-8-15(16)21(19(18)20)24(4,5)6/h7-11,21H,1-6H3. The molecule has 2 aromatic carbocycles. The molecule has 1 aliphatic rings. The summed E-state index contributed by atoms with van der Waals surface area (Å²) < 4.78 is 16.3. The lowest BCUT2D eigenvalue weighted by molar-refractivity contribution is 0.628. The highest BCUT2D eigenvalue weighted by Crippen LogP contribution is 2.53. The average molecular weight is 338 g/mol. The van der Waals surface area contributed by atoms with E-state index in [-0.39, 0.29) is 5.82 Å².